The maximum absolute atomic E-state index is 12.1. The maximum atomic E-state index is 12.1. The van der Waals surface area contributed by atoms with Crippen LogP contribution in [0.3, 0.4) is 0 Å². The van der Waals surface area contributed by atoms with E-state index < -0.39 is 0 Å². The normalized spacial score (nSPS) is 10.8. The van der Waals surface area contributed by atoms with E-state index in [1.165, 1.54) is 11.3 Å². The Bertz CT molecular complexity index is 812. The van der Waals surface area contributed by atoms with Crippen LogP contribution in [0.15, 0.2) is 48.1 Å². The summed E-state index contributed by atoms with van der Waals surface area (Å²) in [7, 11) is 0. The fourth-order valence-corrected chi connectivity index (χ4v) is 3.10. The Balaban J connectivity index is 1.62. The third kappa shape index (κ3) is 4.52. The molecule has 0 fully saturated rings. The number of carbonyl (C=O) groups excluding carboxylic acids is 1. The molecule has 0 saturated carbocycles. The van der Waals surface area contributed by atoms with Crippen molar-refractivity contribution in [3.63, 3.8) is 0 Å². The molecule has 3 aromatic rings. The second-order valence-corrected chi connectivity index (χ2v) is 6.41. The van der Waals surface area contributed by atoms with Gasteiger partial charge in [-0.25, -0.2) is 9.67 Å². The first kappa shape index (κ1) is 17.3. The van der Waals surface area contributed by atoms with Gasteiger partial charge in [0.1, 0.15) is 10.7 Å². The van der Waals surface area contributed by atoms with E-state index >= 15 is 0 Å². The van der Waals surface area contributed by atoms with Crippen molar-refractivity contribution in [3.05, 3.63) is 53.8 Å². The number of rotatable bonds is 8. The molecule has 0 atom stereocenters. The molecular weight excluding hydrogens is 334 g/mol. The summed E-state index contributed by atoms with van der Waals surface area (Å²) in [5, 5.41) is 13.1. The van der Waals surface area contributed by atoms with E-state index in [4.69, 9.17) is 0 Å². The van der Waals surface area contributed by atoms with Crippen LogP contribution in [0.1, 0.15) is 23.8 Å². The van der Waals surface area contributed by atoms with Crippen molar-refractivity contribution < 1.29 is 4.79 Å². The number of para-hydroxylation sites is 1. The van der Waals surface area contributed by atoms with Crippen molar-refractivity contribution in [2.45, 2.75) is 13.3 Å². The Morgan fingerprint density at radius 3 is 2.84 bits per heavy atom. The van der Waals surface area contributed by atoms with Gasteiger partial charge in [0.15, 0.2) is 0 Å². The topological polar surface area (TPSA) is 71.8 Å². The van der Waals surface area contributed by atoms with Gasteiger partial charge in [0.2, 0.25) is 0 Å². The Morgan fingerprint density at radius 1 is 1.20 bits per heavy atom. The summed E-state index contributed by atoms with van der Waals surface area (Å²) >= 11 is 1.45. The summed E-state index contributed by atoms with van der Waals surface area (Å²) in [6.07, 6.45) is 4.77. The highest BCUT2D eigenvalue weighted by molar-refractivity contribution is 7.13. The minimum Gasteiger partial charge on any atom is -0.349 e. The first-order chi connectivity index (χ1) is 12.3. The van der Waals surface area contributed by atoms with Crippen molar-refractivity contribution >= 4 is 17.2 Å². The number of hydrogen-bond donors (Lipinski definition) is 2. The number of hydrogen-bond acceptors (Lipinski definition) is 5. The summed E-state index contributed by atoms with van der Waals surface area (Å²) in [5.74, 6) is -0.142. The lowest BCUT2D eigenvalue weighted by Gasteiger charge is -2.04. The molecule has 0 radical (unpaired) electrons. The average molecular weight is 355 g/mol. The molecule has 130 valence electrons. The lowest BCUT2D eigenvalue weighted by Crippen LogP contribution is -2.32. The molecule has 7 heteroatoms. The highest BCUT2D eigenvalue weighted by atomic mass is 32.1. The highest BCUT2D eigenvalue weighted by Crippen LogP contribution is 2.24. The van der Waals surface area contributed by atoms with Crippen LogP contribution in [0.25, 0.3) is 16.3 Å². The Labute approximate surface area is 150 Å². The standard InChI is InChI=1S/C18H21N5OS/c1-2-8-19-9-10-20-17(24)16-13-25-18(22-16)14-11-21-23(12-14)15-6-4-3-5-7-15/h3-7,11-13,19H,2,8-10H2,1H3,(H,20,24). The molecule has 3 rings (SSSR count). The zero-order valence-electron chi connectivity index (χ0n) is 14.1. The molecule has 2 N–H and O–H groups in total. The third-order valence-electron chi connectivity index (χ3n) is 3.60. The van der Waals surface area contributed by atoms with E-state index in [1.54, 1.807) is 16.3 Å². The lowest BCUT2D eigenvalue weighted by molar-refractivity contribution is 0.0949. The minimum absolute atomic E-state index is 0.142. The van der Waals surface area contributed by atoms with Gasteiger partial charge >= 0.3 is 0 Å². The van der Waals surface area contributed by atoms with E-state index in [2.05, 4.69) is 27.6 Å². The van der Waals surface area contributed by atoms with Gasteiger partial charge in [-0.1, -0.05) is 25.1 Å². The van der Waals surface area contributed by atoms with Crippen LogP contribution in [0.2, 0.25) is 0 Å². The minimum atomic E-state index is -0.142. The van der Waals surface area contributed by atoms with E-state index in [9.17, 15) is 4.79 Å². The maximum Gasteiger partial charge on any atom is 0.270 e. The molecule has 0 aliphatic rings. The van der Waals surface area contributed by atoms with E-state index in [1.807, 2.05) is 36.5 Å². The fourth-order valence-electron chi connectivity index (χ4n) is 2.32. The van der Waals surface area contributed by atoms with Crippen LogP contribution >= 0.6 is 11.3 Å². The van der Waals surface area contributed by atoms with Crippen LogP contribution in [-0.2, 0) is 0 Å². The molecule has 1 aromatic carbocycles. The van der Waals surface area contributed by atoms with E-state index in [0.717, 1.165) is 35.8 Å². The van der Waals surface area contributed by atoms with Crippen LogP contribution in [0, 0.1) is 0 Å². The van der Waals surface area contributed by atoms with E-state index in [0.29, 0.717) is 12.2 Å². The SMILES string of the molecule is CCCNCCNC(=O)c1csc(-c2cnn(-c3ccccc3)c2)n1. The van der Waals surface area contributed by atoms with Crippen molar-refractivity contribution in [2.24, 2.45) is 0 Å². The average Bonchev–Trinajstić information content (AvgIpc) is 3.31. The molecule has 2 aromatic heterocycles. The largest absolute Gasteiger partial charge is 0.349 e. The molecular formula is C18H21N5OS. The predicted octanol–water partition coefficient (Wildman–Crippen LogP) is 2.73. The Hall–Kier alpha value is -2.51. The molecule has 0 aliphatic carbocycles. The van der Waals surface area contributed by atoms with Crippen molar-refractivity contribution in [1.82, 2.24) is 25.4 Å². The number of nitrogens with one attached hydrogen (secondary N) is 2. The molecule has 0 spiro atoms. The number of carbonyl (C=O) groups is 1. The van der Waals surface area contributed by atoms with Crippen LogP contribution in [-0.4, -0.2) is 40.3 Å². The first-order valence-corrected chi connectivity index (χ1v) is 9.21. The second kappa shape index (κ2) is 8.55. The van der Waals surface area contributed by atoms with Crippen molar-refractivity contribution in [1.29, 1.82) is 0 Å². The first-order valence-electron chi connectivity index (χ1n) is 8.33. The van der Waals surface area contributed by atoms with E-state index in [-0.39, 0.29) is 5.91 Å². The molecule has 25 heavy (non-hydrogen) atoms. The number of nitrogens with zero attached hydrogens (tertiary/aromatic N) is 3. The van der Waals surface area contributed by atoms with Crippen LogP contribution < -0.4 is 10.6 Å². The fraction of sp³-hybridized carbons (Fsp3) is 0.278. The Morgan fingerprint density at radius 2 is 2.04 bits per heavy atom. The number of amides is 1. The number of aromatic nitrogens is 3. The summed E-state index contributed by atoms with van der Waals surface area (Å²) in [6, 6.07) is 9.89. The number of benzene rings is 1. The second-order valence-electron chi connectivity index (χ2n) is 5.55. The summed E-state index contributed by atoms with van der Waals surface area (Å²) in [4.78, 5) is 16.6. The van der Waals surface area contributed by atoms with Crippen LogP contribution in [0.5, 0.6) is 0 Å². The van der Waals surface area contributed by atoms with Gasteiger partial charge in [-0.05, 0) is 25.1 Å². The van der Waals surface area contributed by atoms with Gasteiger partial charge in [0, 0.05) is 30.2 Å². The highest BCUT2D eigenvalue weighted by Gasteiger charge is 2.13. The lowest BCUT2D eigenvalue weighted by atomic mass is 10.3. The summed E-state index contributed by atoms with van der Waals surface area (Å²) < 4.78 is 1.80. The molecule has 2 heterocycles. The van der Waals surface area contributed by atoms with Gasteiger partial charge < -0.3 is 10.6 Å². The summed E-state index contributed by atoms with van der Waals surface area (Å²) in [6.45, 7) is 4.43. The quantitative estimate of drug-likeness (QED) is 0.610. The smallest absolute Gasteiger partial charge is 0.270 e. The van der Waals surface area contributed by atoms with Gasteiger partial charge in [-0.3, -0.25) is 4.79 Å². The van der Waals surface area contributed by atoms with Crippen LogP contribution in [0.4, 0.5) is 0 Å². The molecule has 0 unspecified atom stereocenters. The van der Waals surface area contributed by atoms with Gasteiger partial charge in [-0.2, -0.15) is 5.10 Å². The van der Waals surface area contributed by atoms with Crippen molar-refractivity contribution in [3.8, 4) is 16.3 Å². The molecule has 0 saturated heterocycles. The predicted molar refractivity (Wildman–Crippen MR) is 100 cm³/mol. The monoisotopic (exact) mass is 355 g/mol. The summed E-state index contributed by atoms with van der Waals surface area (Å²) in [5.41, 5.74) is 2.34. The Kier molecular flexibility index (Phi) is 5.92. The molecule has 0 bridgehead atoms. The molecule has 1 amide bonds. The number of thiazole rings is 1. The van der Waals surface area contributed by atoms with Crippen molar-refractivity contribution in [2.75, 3.05) is 19.6 Å². The zero-order valence-corrected chi connectivity index (χ0v) is 14.9. The third-order valence-corrected chi connectivity index (χ3v) is 4.49. The van der Waals surface area contributed by atoms with Gasteiger partial charge in [0.25, 0.3) is 5.91 Å². The van der Waals surface area contributed by atoms with Gasteiger partial charge in [0.05, 0.1) is 11.9 Å². The van der Waals surface area contributed by atoms with Gasteiger partial charge in [-0.15, -0.1) is 11.3 Å². The molecule has 0 aliphatic heterocycles. The zero-order chi connectivity index (χ0) is 17.5. The molecule has 6 nitrogen and oxygen atoms in total.